The Kier molecular flexibility index (Phi) is 5.76. The van der Waals surface area contributed by atoms with Crippen LogP contribution in [0.5, 0.6) is 0 Å². The van der Waals surface area contributed by atoms with Crippen LogP contribution in [0.3, 0.4) is 0 Å². The third kappa shape index (κ3) is 3.98. The van der Waals surface area contributed by atoms with E-state index in [0.717, 1.165) is 31.2 Å². The Hall–Kier alpha value is -2.15. The minimum atomic E-state index is -0.146. The highest BCUT2D eigenvalue weighted by Gasteiger charge is 2.33. The normalized spacial score (nSPS) is 20.3. The smallest absolute Gasteiger partial charge is 0.266 e. The van der Waals surface area contributed by atoms with Gasteiger partial charge in [0.2, 0.25) is 5.91 Å². The molecule has 2 atom stereocenters. The number of nitrogens with zero attached hydrogens (tertiary/aromatic N) is 1. The van der Waals surface area contributed by atoms with Gasteiger partial charge in [0.25, 0.3) is 10.7 Å². The molecular weight excluding hydrogens is 350 g/mol. The molecule has 0 spiro atoms. The van der Waals surface area contributed by atoms with Gasteiger partial charge in [-0.25, -0.2) is 0 Å². The number of fused-ring (bicyclic) bond motifs is 1. The zero-order valence-corrected chi connectivity index (χ0v) is 16.0. The SMILES string of the molecule is CCCCNC(=O)C1CCC(C)N(C(=O)c2ccc3[nH]c(=S)oc3c2)C1. The number of aromatic amines is 1. The van der Waals surface area contributed by atoms with Gasteiger partial charge < -0.3 is 19.6 Å². The zero-order valence-electron chi connectivity index (χ0n) is 15.2. The van der Waals surface area contributed by atoms with Crippen LogP contribution in [0.4, 0.5) is 0 Å². The number of H-pyrrole nitrogens is 1. The lowest BCUT2D eigenvalue weighted by Crippen LogP contribution is -2.49. The van der Waals surface area contributed by atoms with Crippen LogP contribution in [0, 0.1) is 10.8 Å². The second-order valence-corrected chi connectivity index (χ2v) is 7.32. The molecule has 0 bridgehead atoms. The summed E-state index contributed by atoms with van der Waals surface area (Å²) >= 11 is 4.99. The van der Waals surface area contributed by atoms with Gasteiger partial charge >= 0.3 is 0 Å². The number of amides is 2. The number of nitrogens with one attached hydrogen (secondary N) is 2. The van der Waals surface area contributed by atoms with Crippen LogP contribution in [0.15, 0.2) is 22.6 Å². The Morgan fingerprint density at radius 2 is 2.19 bits per heavy atom. The van der Waals surface area contributed by atoms with E-state index in [1.54, 1.807) is 23.1 Å². The monoisotopic (exact) mass is 375 g/mol. The molecule has 1 aromatic heterocycles. The van der Waals surface area contributed by atoms with Gasteiger partial charge in [-0.3, -0.25) is 9.59 Å². The van der Waals surface area contributed by atoms with Crippen LogP contribution in [-0.4, -0.2) is 40.8 Å². The molecule has 3 rings (SSSR count). The fourth-order valence-electron chi connectivity index (χ4n) is 3.38. The molecule has 1 aliphatic rings. The summed E-state index contributed by atoms with van der Waals surface area (Å²) in [5, 5.41) is 2.99. The molecule has 2 heterocycles. The minimum absolute atomic E-state index is 0.0509. The molecule has 0 radical (unpaired) electrons. The van der Waals surface area contributed by atoms with Crippen molar-refractivity contribution in [2.24, 2.45) is 5.92 Å². The lowest BCUT2D eigenvalue weighted by atomic mass is 9.92. The Morgan fingerprint density at radius 3 is 2.96 bits per heavy atom. The molecule has 2 unspecified atom stereocenters. The van der Waals surface area contributed by atoms with E-state index in [9.17, 15) is 9.59 Å². The van der Waals surface area contributed by atoms with Gasteiger partial charge in [0.1, 0.15) is 0 Å². The molecule has 7 heteroatoms. The summed E-state index contributed by atoms with van der Waals surface area (Å²) in [5.74, 6) is -0.172. The van der Waals surface area contributed by atoms with Crippen molar-refractivity contribution >= 4 is 35.1 Å². The Bertz CT molecular complexity index is 857. The number of unbranched alkanes of at least 4 members (excludes halogenated alkanes) is 1. The molecule has 0 aliphatic carbocycles. The van der Waals surface area contributed by atoms with Crippen LogP contribution < -0.4 is 5.32 Å². The molecular formula is C19H25N3O3S. The maximum atomic E-state index is 13.0. The van der Waals surface area contributed by atoms with E-state index in [-0.39, 0.29) is 23.8 Å². The topological polar surface area (TPSA) is 78.3 Å². The molecule has 26 heavy (non-hydrogen) atoms. The third-order valence-corrected chi connectivity index (χ3v) is 5.20. The number of likely N-dealkylation sites (tertiary alicyclic amines) is 1. The van der Waals surface area contributed by atoms with Gasteiger partial charge in [-0.05, 0) is 56.6 Å². The van der Waals surface area contributed by atoms with E-state index in [1.807, 2.05) is 6.92 Å². The number of carbonyl (C=O) groups is 2. The first-order valence-corrected chi connectivity index (χ1v) is 9.62. The molecule has 6 nitrogen and oxygen atoms in total. The number of rotatable bonds is 5. The van der Waals surface area contributed by atoms with Crippen LogP contribution in [0.1, 0.15) is 49.9 Å². The van der Waals surface area contributed by atoms with E-state index >= 15 is 0 Å². The highest BCUT2D eigenvalue weighted by molar-refractivity contribution is 7.71. The predicted molar refractivity (Wildman–Crippen MR) is 103 cm³/mol. The second-order valence-electron chi connectivity index (χ2n) is 6.95. The largest absolute Gasteiger partial charge is 0.429 e. The lowest BCUT2D eigenvalue weighted by Gasteiger charge is -2.37. The van der Waals surface area contributed by atoms with Crippen LogP contribution in [-0.2, 0) is 4.79 Å². The van der Waals surface area contributed by atoms with E-state index in [1.165, 1.54) is 0 Å². The molecule has 2 amide bonds. The fraction of sp³-hybridized carbons (Fsp3) is 0.526. The number of piperidine rings is 1. The average molecular weight is 375 g/mol. The molecule has 140 valence electrons. The minimum Gasteiger partial charge on any atom is -0.429 e. The first-order valence-electron chi connectivity index (χ1n) is 9.21. The summed E-state index contributed by atoms with van der Waals surface area (Å²) in [6, 6.07) is 5.38. The summed E-state index contributed by atoms with van der Waals surface area (Å²) < 4.78 is 5.41. The number of oxazole rings is 1. The number of hydrogen-bond donors (Lipinski definition) is 2. The van der Waals surface area contributed by atoms with Crippen molar-refractivity contribution in [1.82, 2.24) is 15.2 Å². The van der Waals surface area contributed by atoms with Crippen molar-refractivity contribution in [2.45, 2.75) is 45.6 Å². The summed E-state index contributed by atoms with van der Waals surface area (Å²) in [4.78, 5) is 30.4. The molecule has 2 N–H and O–H groups in total. The van der Waals surface area contributed by atoms with Crippen LogP contribution >= 0.6 is 12.2 Å². The lowest BCUT2D eigenvalue weighted by molar-refractivity contribution is -0.126. The summed E-state index contributed by atoms with van der Waals surface area (Å²) in [6.45, 7) is 5.28. The summed E-state index contributed by atoms with van der Waals surface area (Å²) in [7, 11) is 0. The first-order chi connectivity index (χ1) is 12.5. The van der Waals surface area contributed by atoms with Gasteiger partial charge in [-0.2, -0.15) is 0 Å². The number of carbonyl (C=O) groups excluding carboxylic acids is 2. The molecule has 0 saturated carbocycles. The van der Waals surface area contributed by atoms with Crippen molar-refractivity contribution in [3.63, 3.8) is 0 Å². The predicted octanol–water partition coefficient (Wildman–Crippen LogP) is 3.65. The van der Waals surface area contributed by atoms with Crippen molar-refractivity contribution in [1.29, 1.82) is 0 Å². The van der Waals surface area contributed by atoms with E-state index in [4.69, 9.17) is 16.6 Å². The van der Waals surface area contributed by atoms with Crippen molar-refractivity contribution < 1.29 is 14.0 Å². The van der Waals surface area contributed by atoms with Crippen molar-refractivity contribution in [2.75, 3.05) is 13.1 Å². The molecule has 1 saturated heterocycles. The van der Waals surface area contributed by atoms with Gasteiger partial charge in [-0.1, -0.05) is 13.3 Å². The van der Waals surface area contributed by atoms with Gasteiger partial charge in [0.05, 0.1) is 11.4 Å². The van der Waals surface area contributed by atoms with Crippen LogP contribution in [0.25, 0.3) is 11.1 Å². The average Bonchev–Trinajstić information content (AvgIpc) is 3.00. The fourth-order valence-corrected chi connectivity index (χ4v) is 3.58. The third-order valence-electron chi connectivity index (χ3n) is 5.01. The quantitative estimate of drug-likeness (QED) is 0.618. The van der Waals surface area contributed by atoms with Gasteiger partial charge in [0, 0.05) is 24.7 Å². The Balaban J connectivity index is 1.73. The molecule has 2 aromatic rings. The maximum Gasteiger partial charge on any atom is 0.266 e. The number of hydrogen-bond acceptors (Lipinski definition) is 4. The van der Waals surface area contributed by atoms with Gasteiger partial charge in [0.15, 0.2) is 5.58 Å². The molecule has 1 aliphatic heterocycles. The highest BCUT2D eigenvalue weighted by atomic mass is 32.1. The van der Waals surface area contributed by atoms with Crippen LogP contribution in [0.2, 0.25) is 0 Å². The number of aromatic nitrogens is 1. The first kappa shape index (κ1) is 18.6. The summed E-state index contributed by atoms with van der Waals surface area (Å²) in [5.41, 5.74) is 1.89. The van der Waals surface area contributed by atoms with E-state index < -0.39 is 0 Å². The van der Waals surface area contributed by atoms with Gasteiger partial charge in [-0.15, -0.1) is 0 Å². The molecule has 1 aromatic carbocycles. The zero-order chi connectivity index (χ0) is 18.7. The second kappa shape index (κ2) is 8.03. The van der Waals surface area contributed by atoms with E-state index in [0.29, 0.717) is 29.1 Å². The maximum absolute atomic E-state index is 13.0. The Morgan fingerprint density at radius 1 is 1.38 bits per heavy atom. The standard InChI is InChI=1S/C19H25N3O3S/c1-3-4-9-20-17(23)14-6-5-12(2)22(11-14)18(24)13-7-8-15-16(10-13)25-19(26)21-15/h7-8,10,12,14H,3-6,9,11H2,1-2H3,(H,20,23)(H,21,26). The van der Waals surface area contributed by atoms with Crippen molar-refractivity contribution in [3.05, 3.63) is 28.6 Å². The highest BCUT2D eigenvalue weighted by Crippen LogP contribution is 2.25. The summed E-state index contributed by atoms with van der Waals surface area (Å²) in [6.07, 6.45) is 3.66. The number of benzene rings is 1. The molecule has 1 fully saturated rings. The van der Waals surface area contributed by atoms with E-state index in [2.05, 4.69) is 17.2 Å². The van der Waals surface area contributed by atoms with Crippen molar-refractivity contribution in [3.8, 4) is 0 Å². The Labute approximate surface area is 157 Å².